The van der Waals surface area contributed by atoms with Crippen LogP contribution >= 0.6 is 0 Å². The lowest BCUT2D eigenvalue weighted by Crippen LogP contribution is -2.47. The number of hydrogen-bond acceptors (Lipinski definition) is 6. The second-order valence-corrected chi connectivity index (χ2v) is 8.82. The Hall–Kier alpha value is -2.25. The van der Waals surface area contributed by atoms with E-state index in [1.165, 1.54) is 25.7 Å². The summed E-state index contributed by atoms with van der Waals surface area (Å²) in [5, 5.41) is 20.3. The first-order valence-electron chi connectivity index (χ1n) is 11.6. The highest BCUT2D eigenvalue weighted by Crippen LogP contribution is 2.25. The van der Waals surface area contributed by atoms with Crippen molar-refractivity contribution in [1.29, 1.82) is 0 Å². The van der Waals surface area contributed by atoms with Gasteiger partial charge in [-0.3, -0.25) is 4.79 Å². The second kappa shape index (κ2) is 11.4. The Labute approximate surface area is 185 Å². The number of unbranched alkanes of at least 4 members (excludes halogenated alkanes) is 4. The first kappa shape index (κ1) is 23.4. The van der Waals surface area contributed by atoms with Crippen LogP contribution in [0.2, 0.25) is 0 Å². The topological polar surface area (TPSA) is 100 Å². The second-order valence-electron chi connectivity index (χ2n) is 8.82. The van der Waals surface area contributed by atoms with E-state index in [1.807, 2.05) is 24.3 Å². The standard InChI is InChI=1S/C24H36N4O3/c1-4-5-6-7-8-9-20-26-23(28-31-20)18-12-10-17(11-13-18)21(16(2)3)27-24(30)22-19(29)14-15-25-22/h10-13,16,19,21-22,25,29H,4-9,14-15H2,1-3H3,(H,27,30). The zero-order chi connectivity index (χ0) is 22.2. The summed E-state index contributed by atoms with van der Waals surface area (Å²) in [7, 11) is 0. The van der Waals surface area contributed by atoms with Crippen LogP contribution in [0, 0.1) is 5.92 Å². The molecule has 0 bridgehead atoms. The van der Waals surface area contributed by atoms with Crippen LogP contribution < -0.4 is 10.6 Å². The van der Waals surface area contributed by atoms with Crippen LogP contribution in [0.3, 0.4) is 0 Å². The lowest BCUT2D eigenvalue weighted by atomic mass is 9.94. The average Bonchev–Trinajstić information content (AvgIpc) is 3.41. The molecule has 170 valence electrons. The van der Waals surface area contributed by atoms with Gasteiger partial charge in [-0.2, -0.15) is 4.98 Å². The van der Waals surface area contributed by atoms with Crippen LogP contribution in [0.5, 0.6) is 0 Å². The summed E-state index contributed by atoms with van der Waals surface area (Å²) in [5.41, 5.74) is 1.91. The molecule has 0 radical (unpaired) electrons. The van der Waals surface area contributed by atoms with Crippen LogP contribution in [0.1, 0.15) is 76.8 Å². The Kier molecular flexibility index (Phi) is 8.60. The smallest absolute Gasteiger partial charge is 0.240 e. The van der Waals surface area contributed by atoms with Gasteiger partial charge in [0.05, 0.1) is 12.1 Å². The molecular formula is C24H36N4O3. The van der Waals surface area contributed by atoms with Gasteiger partial charge in [0.2, 0.25) is 17.6 Å². The molecule has 1 aromatic carbocycles. The molecule has 0 saturated carbocycles. The molecular weight excluding hydrogens is 392 g/mol. The molecule has 1 saturated heterocycles. The van der Waals surface area contributed by atoms with Gasteiger partial charge >= 0.3 is 0 Å². The van der Waals surface area contributed by atoms with E-state index in [-0.39, 0.29) is 17.9 Å². The first-order valence-corrected chi connectivity index (χ1v) is 11.6. The maximum Gasteiger partial charge on any atom is 0.240 e. The van der Waals surface area contributed by atoms with Crippen molar-refractivity contribution in [3.05, 3.63) is 35.7 Å². The van der Waals surface area contributed by atoms with Crippen LogP contribution in [0.25, 0.3) is 11.4 Å². The normalized spacial score (nSPS) is 19.6. The van der Waals surface area contributed by atoms with Crippen LogP contribution in [-0.4, -0.2) is 39.8 Å². The summed E-state index contributed by atoms with van der Waals surface area (Å²) < 4.78 is 5.41. The highest BCUT2D eigenvalue weighted by Gasteiger charge is 2.32. The molecule has 1 amide bonds. The first-order chi connectivity index (χ1) is 15.0. The maximum absolute atomic E-state index is 12.6. The fraction of sp³-hybridized carbons (Fsp3) is 0.625. The number of nitrogens with one attached hydrogen (secondary N) is 2. The van der Waals surface area contributed by atoms with E-state index >= 15 is 0 Å². The van der Waals surface area contributed by atoms with Crippen molar-refractivity contribution in [1.82, 2.24) is 20.8 Å². The van der Waals surface area contributed by atoms with Gasteiger partial charge in [0.1, 0.15) is 6.04 Å². The number of benzene rings is 1. The fourth-order valence-electron chi connectivity index (χ4n) is 4.03. The van der Waals surface area contributed by atoms with E-state index < -0.39 is 12.1 Å². The predicted molar refractivity (Wildman–Crippen MR) is 120 cm³/mol. The monoisotopic (exact) mass is 428 g/mol. The minimum atomic E-state index is -0.630. The van der Waals surface area contributed by atoms with E-state index in [0.29, 0.717) is 24.7 Å². The molecule has 0 aliphatic carbocycles. The van der Waals surface area contributed by atoms with Crippen molar-refractivity contribution in [3.63, 3.8) is 0 Å². The SMILES string of the molecule is CCCCCCCc1nc(-c2ccc(C(NC(=O)C3NCCC3O)C(C)C)cc2)no1. The summed E-state index contributed by atoms with van der Waals surface area (Å²) >= 11 is 0. The molecule has 0 spiro atoms. The number of hydrogen-bond donors (Lipinski definition) is 3. The summed E-state index contributed by atoms with van der Waals surface area (Å²) in [6, 6.07) is 7.25. The minimum absolute atomic E-state index is 0.139. The number of nitrogens with zero attached hydrogens (tertiary/aromatic N) is 2. The Bertz CT molecular complexity index is 818. The van der Waals surface area contributed by atoms with Crippen molar-refractivity contribution in [3.8, 4) is 11.4 Å². The molecule has 1 fully saturated rings. The third kappa shape index (κ3) is 6.37. The number of aliphatic hydroxyl groups is 1. The highest BCUT2D eigenvalue weighted by atomic mass is 16.5. The molecule has 3 atom stereocenters. The van der Waals surface area contributed by atoms with E-state index in [1.54, 1.807) is 0 Å². The van der Waals surface area contributed by atoms with Crippen molar-refractivity contribution in [2.24, 2.45) is 5.92 Å². The zero-order valence-corrected chi connectivity index (χ0v) is 18.9. The van der Waals surface area contributed by atoms with Gasteiger partial charge in [-0.15, -0.1) is 0 Å². The molecule has 31 heavy (non-hydrogen) atoms. The molecule has 3 N–H and O–H groups in total. The van der Waals surface area contributed by atoms with Crippen LogP contribution in [0.4, 0.5) is 0 Å². The van der Waals surface area contributed by atoms with Gasteiger partial charge < -0.3 is 20.3 Å². The quantitative estimate of drug-likeness (QED) is 0.471. The van der Waals surface area contributed by atoms with Crippen molar-refractivity contribution < 1.29 is 14.4 Å². The fourth-order valence-corrected chi connectivity index (χ4v) is 4.03. The third-order valence-electron chi connectivity index (χ3n) is 5.93. The number of carbonyl (C=O) groups is 1. The zero-order valence-electron chi connectivity index (χ0n) is 18.9. The molecule has 3 unspecified atom stereocenters. The lowest BCUT2D eigenvalue weighted by Gasteiger charge is -2.25. The van der Waals surface area contributed by atoms with Gasteiger partial charge in [-0.1, -0.05) is 75.9 Å². The number of carbonyl (C=O) groups excluding carboxylic acids is 1. The maximum atomic E-state index is 12.6. The van der Waals surface area contributed by atoms with Gasteiger partial charge in [0.25, 0.3) is 0 Å². The van der Waals surface area contributed by atoms with Crippen LogP contribution in [0.15, 0.2) is 28.8 Å². The Morgan fingerprint density at radius 3 is 2.61 bits per heavy atom. The Morgan fingerprint density at radius 1 is 1.23 bits per heavy atom. The summed E-state index contributed by atoms with van der Waals surface area (Å²) in [5.74, 6) is 1.33. The minimum Gasteiger partial charge on any atom is -0.391 e. The van der Waals surface area contributed by atoms with Gasteiger partial charge in [0.15, 0.2) is 0 Å². The number of amides is 1. The van der Waals surface area contributed by atoms with Crippen molar-refractivity contribution >= 4 is 5.91 Å². The summed E-state index contributed by atoms with van der Waals surface area (Å²) in [6.07, 6.45) is 6.81. The number of aliphatic hydroxyl groups excluding tert-OH is 1. The molecule has 3 rings (SSSR count). The molecule has 7 nitrogen and oxygen atoms in total. The highest BCUT2D eigenvalue weighted by molar-refractivity contribution is 5.83. The van der Waals surface area contributed by atoms with Crippen molar-refractivity contribution in [2.75, 3.05) is 6.54 Å². The number of rotatable bonds is 11. The van der Waals surface area contributed by atoms with E-state index in [4.69, 9.17) is 4.52 Å². The van der Waals surface area contributed by atoms with E-state index in [0.717, 1.165) is 24.0 Å². The Morgan fingerprint density at radius 2 is 1.97 bits per heavy atom. The molecule has 7 heteroatoms. The summed E-state index contributed by atoms with van der Waals surface area (Å²) in [6.45, 7) is 7.02. The largest absolute Gasteiger partial charge is 0.391 e. The van der Waals surface area contributed by atoms with Crippen molar-refractivity contribution in [2.45, 2.75) is 83.9 Å². The summed E-state index contributed by atoms with van der Waals surface area (Å²) in [4.78, 5) is 17.1. The molecule has 1 aliphatic heterocycles. The Balaban J connectivity index is 1.60. The van der Waals surface area contributed by atoms with Gasteiger partial charge in [-0.25, -0.2) is 0 Å². The molecule has 1 aromatic heterocycles. The van der Waals surface area contributed by atoms with Crippen LogP contribution in [-0.2, 0) is 11.2 Å². The van der Waals surface area contributed by atoms with E-state index in [2.05, 4.69) is 41.5 Å². The predicted octanol–water partition coefficient (Wildman–Crippen LogP) is 3.79. The third-order valence-corrected chi connectivity index (χ3v) is 5.93. The average molecular weight is 429 g/mol. The van der Waals surface area contributed by atoms with Gasteiger partial charge in [0, 0.05) is 12.0 Å². The molecule has 2 heterocycles. The van der Waals surface area contributed by atoms with E-state index in [9.17, 15) is 9.90 Å². The molecule has 1 aliphatic rings. The number of aromatic nitrogens is 2. The van der Waals surface area contributed by atoms with Gasteiger partial charge in [-0.05, 0) is 30.9 Å². The number of aryl methyl sites for hydroxylation is 1. The molecule has 2 aromatic rings. The lowest BCUT2D eigenvalue weighted by molar-refractivity contribution is -0.125.